The Morgan fingerprint density at radius 1 is 1.14 bits per heavy atom. The van der Waals surface area contributed by atoms with Crippen LogP contribution in [-0.2, 0) is 4.74 Å². The maximum atomic E-state index is 13.7. The number of amides is 1. The van der Waals surface area contributed by atoms with Crippen molar-refractivity contribution in [2.24, 2.45) is 0 Å². The number of halogens is 2. The van der Waals surface area contributed by atoms with Crippen LogP contribution in [-0.4, -0.2) is 61.8 Å². The monoisotopic (exact) mass is 521 g/mol. The number of benzene rings is 2. The van der Waals surface area contributed by atoms with Gasteiger partial charge in [0, 0.05) is 31.7 Å². The molecule has 0 radical (unpaired) electrons. The zero-order valence-electron chi connectivity index (χ0n) is 20.1. The third-order valence-electron chi connectivity index (χ3n) is 5.89. The summed E-state index contributed by atoms with van der Waals surface area (Å²) in [5.41, 5.74) is 1.28. The van der Waals surface area contributed by atoms with Crippen molar-refractivity contribution in [1.82, 2.24) is 9.88 Å². The molecular formula is C26H33ClFN3O3S. The molecule has 4 rings (SSSR count). The minimum absolute atomic E-state index is 0. The number of unbranched alkanes of at least 4 members (excludes halogenated alkanes) is 2. The van der Waals surface area contributed by atoms with Gasteiger partial charge in [0.05, 0.1) is 30.0 Å². The van der Waals surface area contributed by atoms with Crippen molar-refractivity contribution in [3.05, 3.63) is 53.8 Å². The Morgan fingerprint density at radius 3 is 2.66 bits per heavy atom. The molecule has 0 atom stereocenters. The number of fused-ring (bicyclic) bond motifs is 1. The number of aromatic nitrogens is 1. The number of carbonyl (C=O) groups excluding carboxylic acids is 1. The maximum absolute atomic E-state index is 13.7. The SMILES string of the molecule is CCCCCOc1ccc(C(=O)N(CCCN2CCOCC2)c2nc3ccc(F)cc3s2)cc1.Cl. The predicted octanol–water partition coefficient (Wildman–Crippen LogP) is 5.80. The number of nitrogens with zero attached hydrogens (tertiary/aromatic N) is 3. The van der Waals surface area contributed by atoms with E-state index in [2.05, 4.69) is 16.8 Å². The molecule has 0 saturated carbocycles. The van der Waals surface area contributed by atoms with Gasteiger partial charge in [-0.25, -0.2) is 9.37 Å². The second-order valence-corrected chi connectivity index (χ2v) is 9.46. The number of hydrogen-bond donors (Lipinski definition) is 0. The first kappa shape index (κ1) is 27.3. The molecular weight excluding hydrogens is 489 g/mol. The van der Waals surface area contributed by atoms with Crippen molar-refractivity contribution in [2.75, 3.05) is 50.9 Å². The average molecular weight is 522 g/mol. The van der Waals surface area contributed by atoms with Crippen molar-refractivity contribution >= 4 is 45.0 Å². The van der Waals surface area contributed by atoms with E-state index in [1.165, 1.54) is 23.5 Å². The third-order valence-corrected chi connectivity index (χ3v) is 6.93. The normalized spacial score (nSPS) is 14.0. The number of rotatable bonds is 11. The highest BCUT2D eigenvalue weighted by atomic mass is 35.5. The summed E-state index contributed by atoms with van der Waals surface area (Å²) >= 11 is 1.34. The fourth-order valence-electron chi connectivity index (χ4n) is 3.95. The van der Waals surface area contributed by atoms with Gasteiger partial charge in [0.15, 0.2) is 5.13 Å². The molecule has 0 N–H and O–H groups in total. The van der Waals surface area contributed by atoms with Gasteiger partial charge < -0.3 is 9.47 Å². The number of anilines is 1. The van der Waals surface area contributed by atoms with Crippen LogP contribution < -0.4 is 9.64 Å². The van der Waals surface area contributed by atoms with Crippen molar-refractivity contribution in [3.63, 3.8) is 0 Å². The first-order valence-electron chi connectivity index (χ1n) is 12.0. The zero-order valence-corrected chi connectivity index (χ0v) is 21.7. The van der Waals surface area contributed by atoms with Gasteiger partial charge in [0.1, 0.15) is 11.6 Å². The lowest BCUT2D eigenvalue weighted by Gasteiger charge is -2.27. The van der Waals surface area contributed by atoms with Crippen LogP contribution in [0.5, 0.6) is 5.75 Å². The quantitative estimate of drug-likeness (QED) is 0.299. The number of morpholine rings is 1. The van der Waals surface area contributed by atoms with Gasteiger partial charge in [-0.1, -0.05) is 31.1 Å². The van der Waals surface area contributed by atoms with E-state index in [0.29, 0.717) is 29.4 Å². The van der Waals surface area contributed by atoms with Crippen LogP contribution in [0.4, 0.5) is 9.52 Å². The standard InChI is InChI=1S/C26H32FN3O3S.ClH/c1-2-3-4-16-33-22-9-6-20(7-10-22)25(31)30(13-5-12-29-14-17-32-18-15-29)26-28-23-11-8-21(27)19-24(23)34-26;/h6-11,19H,2-5,12-18H2,1H3;1H. The molecule has 0 bridgehead atoms. The van der Waals surface area contributed by atoms with Gasteiger partial charge in [-0.2, -0.15) is 0 Å². The molecule has 1 saturated heterocycles. The second kappa shape index (κ2) is 13.7. The molecule has 1 fully saturated rings. The van der Waals surface area contributed by atoms with E-state index in [9.17, 15) is 9.18 Å². The van der Waals surface area contributed by atoms with Crippen molar-refractivity contribution in [1.29, 1.82) is 0 Å². The van der Waals surface area contributed by atoms with E-state index in [0.717, 1.165) is 69.0 Å². The Bertz CT molecular complexity index is 1070. The van der Waals surface area contributed by atoms with Gasteiger partial charge in [0.2, 0.25) is 0 Å². The topological polar surface area (TPSA) is 54.9 Å². The summed E-state index contributed by atoms with van der Waals surface area (Å²) in [6.45, 7) is 7.58. The number of thiazole rings is 1. The van der Waals surface area contributed by atoms with Gasteiger partial charge in [-0.3, -0.25) is 14.6 Å². The summed E-state index contributed by atoms with van der Waals surface area (Å²) in [7, 11) is 0. The molecule has 1 amide bonds. The van der Waals surface area contributed by atoms with Gasteiger partial charge >= 0.3 is 0 Å². The van der Waals surface area contributed by atoms with Crippen molar-refractivity contribution < 1.29 is 18.7 Å². The molecule has 0 aliphatic carbocycles. The molecule has 0 unspecified atom stereocenters. The summed E-state index contributed by atoms with van der Waals surface area (Å²) in [5, 5.41) is 0.590. The Kier molecular flexibility index (Phi) is 10.7. The summed E-state index contributed by atoms with van der Waals surface area (Å²) in [6.07, 6.45) is 4.12. The van der Waals surface area contributed by atoms with E-state index >= 15 is 0 Å². The lowest BCUT2D eigenvalue weighted by atomic mass is 10.2. The molecule has 1 aliphatic rings. The molecule has 6 nitrogen and oxygen atoms in total. The van der Waals surface area contributed by atoms with Crippen LogP contribution in [0.3, 0.4) is 0 Å². The molecule has 35 heavy (non-hydrogen) atoms. The van der Waals surface area contributed by atoms with E-state index < -0.39 is 0 Å². The average Bonchev–Trinajstić information content (AvgIpc) is 3.28. The molecule has 190 valence electrons. The first-order chi connectivity index (χ1) is 16.6. The van der Waals surface area contributed by atoms with Crippen LogP contribution in [0.25, 0.3) is 10.2 Å². The molecule has 2 heterocycles. The minimum atomic E-state index is -0.303. The Labute approximate surface area is 216 Å². The number of carbonyl (C=O) groups is 1. The molecule has 0 spiro atoms. The highest BCUT2D eigenvalue weighted by Crippen LogP contribution is 2.30. The summed E-state index contributed by atoms with van der Waals surface area (Å²) in [4.78, 5) is 22.2. The van der Waals surface area contributed by atoms with Crippen LogP contribution in [0, 0.1) is 5.82 Å². The van der Waals surface area contributed by atoms with E-state index in [-0.39, 0.29) is 24.1 Å². The van der Waals surface area contributed by atoms with Crippen LogP contribution in [0.2, 0.25) is 0 Å². The highest BCUT2D eigenvalue weighted by molar-refractivity contribution is 7.22. The fourth-order valence-corrected chi connectivity index (χ4v) is 4.97. The summed E-state index contributed by atoms with van der Waals surface area (Å²) in [6, 6.07) is 11.8. The molecule has 9 heteroatoms. The summed E-state index contributed by atoms with van der Waals surface area (Å²) in [5.74, 6) is 0.350. The first-order valence-corrected chi connectivity index (χ1v) is 12.9. The second-order valence-electron chi connectivity index (χ2n) is 8.45. The lowest BCUT2D eigenvalue weighted by Crippen LogP contribution is -2.39. The van der Waals surface area contributed by atoms with Crippen LogP contribution in [0.15, 0.2) is 42.5 Å². The largest absolute Gasteiger partial charge is 0.494 e. The molecule has 1 aliphatic heterocycles. The zero-order chi connectivity index (χ0) is 23.8. The molecule has 1 aromatic heterocycles. The molecule has 3 aromatic rings. The number of ether oxygens (including phenoxy) is 2. The van der Waals surface area contributed by atoms with Crippen LogP contribution >= 0.6 is 23.7 Å². The maximum Gasteiger partial charge on any atom is 0.260 e. The molecule has 2 aromatic carbocycles. The van der Waals surface area contributed by atoms with Gasteiger partial charge in [-0.05, 0) is 55.3 Å². The minimum Gasteiger partial charge on any atom is -0.494 e. The predicted molar refractivity (Wildman–Crippen MR) is 142 cm³/mol. The summed E-state index contributed by atoms with van der Waals surface area (Å²) < 4.78 is 25.7. The number of hydrogen-bond acceptors (Lipinski definition) is 6. The van der Waals surface area contributed by atoms with Gasteiger partial charge in [-0.15, -0.1) is 12.4 Å². The smallest absolute Gasteiger partial charge is 0.260 e. The lowest BCUT2D eigenvalue weighted by molar-refractivity contribution is 0.0376. The Morgan fingerprint density at radius 2 is 1.91 bits per heavy atom. The van der Waals surface area contributed by atoms with Crippen molar-refractivity contribution in [3.8, 4) is 5.75 Å². The fraction of sp³-hybridized carbons (Fsp3) is 0.462. The van der Waals surface area contributed by atoms with Crippen LogP contribution in [0.1, 0.15) is 43.0 Å². The Hall–Kier alpha value is -2.26. The van der Waals surface area contributed by atoms with Gasteiger partial charge in [0.25, 0.3) is 5.91 Å². The van der Waals surface area contributed by atoms with E-state index in [4.69, 9.17) is 9.47 Å². The third kappa shape index (κ3) is 7.61. The van der Waals surface area contributed by atoms with Crippen molar-refractivity contribution in [2.45, 2.75) is 32.6 Å². The van der Waals surface area contributed by atoms with E-state index in [1.807, 2.05) is 12.1 Å². The Balaban J connectivity index is 0.00000342. The highest BCUT2D eigenvalue weighted by Gasteiger charge is 2.22. The van der Waals surface area contributed by atoms with E-state index in [1.54, 1.807) is 23.1 Å².